The van der Waals surface area contributed by atoms with Gasteiger partial charge in [0.15, 0.2) is 6.04 Å². The Morgan fingerprint density at radius 3 is 2.52 bits per heavy atom. The van der Waals surface area contributed by atoms with E-state index in [-0.39, 0.29) is 49.9 Å². The van der Waals surface area contributed by atoms with E-state index in [2.05, 4.69) is 0 Å². The maximum Gasteiger partial charge on any atom is 0.416 e. The molecule has 0 bridgehead atoms. The van der Waals surface area contributed by atoms with Gasteiger partial charge in [0.1, 0.15) is 0 Å². The average molecular weight is 386 g/mol. The Labute approximate surface area is 152 Å². The van der Waals surface area contributed by atoms with Gasteiger partial charge in [0.2, 0.25) is 5.91 Å². The third kappa shape index (κ3) is 3.90. The fraction of sp³-hybridized carbons (Fsp3) is 0.471. The van der Waals surface area contributed by atoms with E-state index < -0.39 is 29.7 Å². The Balaban J connectivity index is 2.01. The minimum atomic E-state index is -4.72. The third-order valence-electron chi connectivity index (χ3n) is 4.55. The number of morpholine rings is 1. The molecule has 1 atom stereocenters. The van der Waals surface area contributed by atoms with Crippen molar-refractivity contribution in [2.24, 2.45) is 0 Å². The van der Waals surface area contributed by atoms with Gasteiger partial charge in [-0.15, -0.1) is 0 Å². The Morgan fingerprint density at radius 1 is 1.19 bits per heavy atom. The summed E-state index contributed by atoms with van der Waals surface area (Å²) in [6, 6.07) is 1.43. The number of alkyl halides is 3. The van der Waals surface area contributed by atoms with Gasteiger partial charge in [0, 0.05) is 30.8 Å². The lowest BCUT2D eigenvalue weighted by Gasteiger charge is -2.33. The second-order valence-electron chi connectivity index (χ2n) is 6.34. The summed E-state index contributed by atoms with van der Waals surface area (Å²) in [7, 11) is 0. The van der Waals surface area contributed by atoms with Crippen LogP contribution in [-0.4, -0.2) is 60.1 Å². The number of carboxylic acid groups (broad SMARTS) is 1. The lowest BCUT2D eigenvalue weighted by atomic mass is 10.1. The van der Waals surface area contributed by atoms with Gasteiger partial charge in [0.25, 0.3) is 5.91 Å². The highest BCUT2D eigenvalue weighted by Gasteiger charge is 2.37. The first kappa shape index (κ1) is 19.2. The van der Waals surface area contributed by atoms with Gasteiger partial charge in [-0.05, 0) is 24.6 Å². The van der Waals surface area contributed by atoms with Crippen molar-refractivity contribution in [3.63, 3.8) is 0 Å². The number of hydrogen-bond donors (Lipinski definition) is 1. The molecule has 3 rings (SSSR count). The van der Waals surface area contributed by atoms with E-state index in [0.29, 0.717) is 12.5 Å². The molecule has 2 amide bonds. The van der Waals surface area contributed by atoms with Crippen LogP contribution in [0.2, 0.25) is 0 Å². The molecule has 7 nitrogen and oxygen atoms in total. The molecule has 0 radical (unpaired) electrons. The van der Waals surface area contributed by atoms with E-state index >= 15 is 0 Å². The second kappa shape index (κ2) is 7.18. The molecule has 1 N–H and O–H groups in total. The van der Waals surface area contributed by atoms with Crippen molar-refractivity contribution < 1.29 is 37.4 Å². The van der Waals surface area contributed by atoms with E-state index in [9.17, 15) is 32.7 Å². The molecule has 0 saturated carbocycles. The van der Waals surface area contributed by atoms with Crippen LogP contribution >= 0.6 is 0 Å². The molecular weight excluding hydrogens is 369 g/mol. The number of benzene rings is 1. The fourth-order valence-electron chi connectivity index (χ4n) is 3.19. The predicted octanol–water partition coefficient (Wildman–Crippen LogP) is 1.76. The summed E-state index contributed by atoms with van der Waals surface area (Å²) in [4.78, 5) is 38.2. The Hall–Kier alpha value is -2.62. The monoisotopic (exact) mass is 386 g/mol. The zero-order valence-electron chi connectivity index (χ0n) is 14.2. The normalized spacial score (nSPS) is 20.9. The quantitative estimate of drug-likeness (QED) is 0.856. The van der Waals surface area contributed by atoms with Crippen LogP contribution in [0, 0.1) is 0 Å². The van der Waals surface area contributed by atoms with Crippen molar-refractivity contribution in [1.29, 1.82) is 0 Å². The summed E-state index contributed by atoms with van der Waals surface area (Å²) in [5.74, 6) is -2.46. The van der Waals surface area contributed by atoms with Crippen molar-refractivity contribution in [3.8, 4) is 0 Å². The Morgan fingerprint density at radius 2 is 1.93 bits per heavy atom. The second-order valence-corrected chi connectivity index (χ2v) is 6.34. The van der Waals surface area contributed by atoms with Crippen LogP contribution in [0.3, 0.4) is 0 Å². The number of carbonyl (C=O) groups excluding carboxylic acids is 2. The number of nitrogens with zero attached hydrogens (tertiary/aromatic N) is 2. The third-order valence-corrected chi connectivity index (χ3v) is 4.55. The van der Waals surface area contributed by atoms with Crippen LogP contribution < -0.4 is 4.90 Å². The molecule has 27 heavy (non-hydrogen) atoms. The summed E-state index contributed by atoms with van der Waals surface area (Å²) >= 11 is 0. The molecule has 146 valence electrons. The molecule has 2 aliphatic heterocycles. The van der Waals surface area contributed by atoms with Crippen molar-refractivity contribution in [2.45, 2.75) is 25.1 Å². The van der Waals surface area contributed by atoms with Gasteiger partial charge in [-0.25, -0.2) is 4.79 Å². The number of hydrogen-bond acceptors (Lipinski definition) is 4. The number of aliphatic carboxylic acids is 1. The molecule has 2 heterocycles. The van der Waals surface area contributed by atoms with Crippen LogP contribution in [0.4, 0.5) is 18.9 Å². The standard InChI is InChI=1S/C17H17F3N2O5/c18-17(19,20)11-6-10(7-12(8-11)21-3-1-2-14(21)23)15(24)22-4-5-27-9-13(22)16(25)26/h6-8,13H,1-5,9H2,(H,25,26)/t13-/m1/s1. The van der Waals surface area contributed by atoms with Gasteiger partial charge < -0.3 is 19.6 Å². The van der Waals surface area contributed by atoms with E-state index in [1.807, 2.05) is 0 Å². The van der Waals surface area contributed by atoms with Crippen molar-refractivity contribution >= 4 is 23.5 Å². The topological polar surface area (TPSA) is 87.2 Å². The van der Waals surface area contributed by atoms with Crippen LogP contribution in [0.1, 0.15) is 28.8 Å². The fourth-order valence-corrected chi connectivity index (χ4v) is 3.19. The number of ether oxygens (including phenoxy) is 1. The van der Waals surface area contributed by atoms with Crippen LogP contribution in [0.5, 0.6) is 0 Å². The highest BCUT2D eigenvalue weighted by Crippen LogP contribution is 2.34. The lowest BCUT2D eigenvalue weighted by Crippen LogP contribution is -2.52. The molecule has 2 aliphatic rings. The van der Waals surface area contributed by atoms with Crippen molar-refractivity contribution in [1.82, 2.24) is 4.90 Å². The van der Waals surface area contributed by atoms with Gasteiger partial charge in [-0.1, -0.05) is 0 Å². The molecule has 1 aromatic rings. The minimum Gasteiger partial charge on any atom is -0.480 e. The van der Waals surface area contributed by atoms with Crippen molar-refractivity contribution in [2.75, 3.05) is 31.2 Å². The highest BCUT2D eigenvalue weighted by molar-refractivity contribution is 6.00. The van der Waals surface area contributed by atoms with Gasteiger partial charge in [-0.2, -0.15) is 13.2 Å². The molecule has 10 heteroatoms. The van der Waals surface area contributed by atoms with E-state index in [4.69, 9.17) is 4.74 Å². The number of rotatable bonds is 3. The molecule has 0 spiro atoms. The summed E-state index contributed by atoms with van der Waals surface area (Å²) < 4.78 is 44.9. The van der Waals surface area contributed by atoms with Gasteiger partial charge in [-0.3, -0.25) is 9.59 Å². The summed E-state index contributed by atoms with van der Waals surface area (Å²) in [6.45, 7) is 0.0660. The number of carbonyl (C=O) groups is 3. The van der Waals surface area contributed by atoms with Gasteiger partial charge in [0.05, 0.1) is 18.8 Å². The van der Waals surface area contributed by atoms with E-state index in [1.165, 1.54) is 11.0 Å². The molecule has 2 fully saturated rings. The Kier molecular flexibility index (Phi) is 5.09. The zero-order valence-corrected chi connectivity index (χ0v) is 14.2. The van der Waals surface area contributed by atoms with Crippen LogP contribution in [0.25, 0.3) is 0 Å². The van der Waals surface area contributed by atoms with Crippen molar-refractivity contribution in [3.05, 3.63) is 29.3 Å². The van der Waals surface area contributed by atoms with Crippen LogP contribution in [-0.2, 0) is 20.5 Å². The summed E-state index contributed by atoms with van der Waals surface area (Å²) in [5.41, 5.74) is -1.40. The largest absolute Gasteiger partial charge is 0.480 e. The number of halogens is 3. The van der Waals surface area contributed by atoms with E-state index in [1.54, 1.807) is 0 Å². The molecule has 0 unspecified atom stereocenters. The highest BCUT2D eigenvalue weighted by atomic mass is 19.4. The molecule has 0 aliphatic carbocycles. The number of amides is 2. The molecular formula is C17H17F3N2O5. The van der Waals surface area contributed by atoms with E-state index in [0.717, 1.165) is 11.0 Å². The molecule has 1 aromatic carbocycles. The smallest absolute Gasteiger partial charge is 0.416 e. The van der Waals surface area contributed by atoms with Crippen LogP contribution in [0.15, 0.2) is 18.2 Å². The first-order valence-corrected chi connectivity index (χ1v) is 8.32. The lowest BCUT2D eigenvalue weighted by molar-refractivity contribution is -0.147. The average Bonchev–Trinajstić information content (AvgIpc) is 3.06. The summed E-state index contributed by atoms with van der Waals surface area (Å²) in [6.07, 6.45) is -3.97. The number of carboxylic acids is 1. The minimum absolute atomic E-state index is 0.0178. The first-order chi connectivity index (χ1) is 12.7. The Bertz CT molecular complexity index is 780. The maximum absolute atomic E-state index is 13.3. The predicted molar refractivity (Wildman–Crippen MR) is 86.3 cm³/mol. The first-order valence-electron chi connectivity index (χ1n) is 8.32. The summed E-state index contributed by atoms with van der Waals surface area (Å²) in [5, 5.41) is 9.24. The number of anilines is 1. The molecule has 2 saturated heterocycles. The SMILES string of the molecule is O=C(O)[C@H]1COCCN1C(=O)c1cc(N2CCCC2=O)cc(C(F)(F)F)c1. The maximum atomic E-state index is 13.3. The zero-order chi connectivity index (χ0) is 19.8. The molecule has 0 aromatic heterocycles. The van der Waals surface area contributed by atoms with Gasteiger partial charge >= 0.3 is 12.1 Å².